The van der Waals surface area contributed by atoms with Crippen molar-refractivity contribution in [1.82, 2.24) is 4.90 Å². The Bertz CT molecular complexity index is 413. The third-order valence-electron chi connectivity index (χ3n) is 3.90. The maximum Gasteiger partial charge on any atom is 0.322 e. The van der Waals surface area contributed by atoms with E-state index >= 15 is 0 Å². The molecule has 0 radical (unpaired) electrons. The van der Waals surface area contributed by atoms with Crippen LogP contribution in [0.3, 0.4) is 0 Å². The largest absolute Gasteiger partial charge is 0.468 e. The second-order valence-corrected chi connectivity index (χ2v) is 5.23. The van der Waals surface area contributed by atoms with Gasteiger partial charge in [0.25, 0.3) is 0 Å². The van der Waals surface area contributed by atoms with E-state index in [9.17, 15) is 4.79 Å². The Morgan fingerprint density at radius 3 is 2.55 bits per heavy atom. The topological polar surface area (TPSA) is 38.8 Å². The molecule has 0 spiro atoms. The fourth-order valence-corrected chi connectivity index (χ4v) is 2.54. The van der Waals surface area contributed by atoms with Gasteiger partial charge >= 0.3 is 5.97 Å². The average molecular weight is 277 g/mol. The highest BCUT2D eigenvalue weighted by molar-refractivity contribution is 5.75. The second-order valence-electron chi connectivity index (χ2n) is 5.23. The summed E-state index contributed by atoms with van der Waals surface area (Å²) in [5, 5.41) is 0. The highest BCUT2D eigenvalue weighted by atomic mass is 16.5. The first-order chi connectivity index (χ1) is 9.70. The van der Waals surface area contributed by atoms with Crippen LogP contribution in [0.5, 0.6) is 0 Å². The van der Waals surface area contributed by atoms with E-state index in [1.807, 2.05) is 25.1 Å². The van der Waals surface area contributed by atoms with E-state index in [4.69, 9.17) is 9.47 Å². The lowest BCUT2D eigenvalue weighted by Crippen LogP contribution is -2.45. The average Bonchev–Trinajstić information content (AvgIpc) is 2.53. The van der Waals surface area contributed by atoms with Crippen LogP contribution in [0.4, 0.5) is 0 Å². The second kappa shape index (κ2) is 7.41. The molecule has 4 heteroatoms. The molecule has 1 atom stereocenters. The predicted octanol–water partition coefficient (Wildman–Crippen LogP) is 2.23. The Kier molecular flexibility index (Phi) is 5.56. The van der Waals surface area contributed by atoms with Gasteiger partial charge < -0.3 is 9.47 Å². The monoisotopic (exact) mass is 277 g/mol. The summed E-state index contributed by atoms with van der Waals surface area (Å²) >= 11 is 0. The molecule has 0 amide bonds. The van der Waals surface area contributed by atoms with Crippen LogP contribution < -0.4 is 0 Å². The standard InChI is InChI=1S/C16H23NO3/c1-13(16(18)19-2)17-10-8-15(9-11-17)20-12-14-6-4-3-5-7-14/h3-7,13,15H,8-12H2,1-2H3/t13-/m1/s1. The van der Waals surface area contributed by atoms with E-state index in [0.717, 1.165) is 25.9 Å². The minimum Gasteiger partial charge on any atom is -0.468 e. The number of piperidine rings is 1. The molecule has 1 aromatic rings. The number of hydrogen-bond donors (Lipinski definition) is 0. The first kappa shape index (κ1) is 15.0. The van der Waals surface area contributed by atoms with Crippen molar-refractivity contribution >= 4 is 5.97 Å². The fourth-order valence-electron chi connectivity index (χ4n) is 2.54. The van der Waals surface area contributed by atoms with Gasteiger partial charge in [0.15, 0.2) is 0 Å². The minimum atomic E-state index is -0.159. The summed E-state index contributed by atoms with van der Waals surface area (Å²) in [6.07, 6.45) is 2.22. The number of likely N-dealkylation sites (tertiary alicyclic amines) is 1. The molecule has 0 aliphatic carbocycles. The van der Waals surface area contributed by atoms with E-state index in [2.05, 4.69) is 17.0 Å². The number of methoxy groups -OCH3 is 1. The van der Waals surface area contributed by atoms with Crippen LogP contribution in [0.1, 0.15) is 25.3 Å². The van der Waals surface area contributed by atoms with Gasteiger partial charge in [0.05, 0.1) is 19.8 Å². The first-order valence-corrected chi connectivity index (χ1v) is 7.18. The normalized spacial score (nSPS) is 18.7. The summed E-state index contributed by atoms with van der Waals surface area (Å²) < 4.78 is 10.7. The van der Waals surface area contributed by atoms with Gasteiger partial charge in [0.1, 0.15) is 6.04 Å². The van der Waals surface area contributed by atoms with Gasteiger partial charge in [-0.15, -0.1) is 0 Å². The lowest BCUT2D eigenvalue weighted by molar-refractivity contribution is -0.147. The number of carbonyl (C=O) groups excluding carboxylic acids is 1. The molecule has 0 N–H and O–H groups in total. The quantitative estimate of drug-likeness (QED) is 0.774. The molecular formula is C16H23NO3. The van der Waals surface area contributed by atoms with Crippen LogP contribution in [-0.4, -0.2) is 43.2 Å². The molecular weight excluding hydrogens is 254 g/mol. The van der Waals surface area contributed by atoms with Crippen LogP contribution in [0.15, 0.2) is 30.3 Å². The van der Waals surface area contributed by atoms with Crippen molar-refractivity contribution < 1.29 is 14.3 Å². The molecule has 1 saturated heterocycles. The van der Waals surface area contributed by atoms with Crippen LogP contribution >= 0.6 is 0 Å². The van der Waals surface area contributed by atoms with Crippen molar-refractivity contribution in [1.29, 1.82) is 0 Å². The first-order valence-electron chi connectivity index (χ1n) is 7.18. The number of benzene rings is 1. The van der Waals surface area contributed by atoms with Gasteiger partial charge in [-0.05, 0) is 25.3 Å². The third-order valence-corrected chi connectivity index (χ3v) is 3.90. The molecule has 110 valence electrons. The molecule has 1 aromatic carbocycles. The van der Waals surface area contributed by atoms with Crippen molar-refractivity contribution in [3.63, 3.8) is 0 Å². The number of ether oxygens (including phenoxy) is 2. The number of rotatable bonds is 5. The highest BCUT2D eigenvalue weighted by Crippen LogP contribution is 2.17. The number of esters is 1. The smallest absolute Gasteiger partial charge is 0.322 e. The number of hydrogen-bond acceptors (Lipinski definition) is 4. The number of carbonyl (C=O) groups is 1. The van der Waals surface area contributed by atoms with Crippen molar-refractivity contribution in [2.75, 3.05) is 20.2 Å². The van der Waals surface area contributed by atoms with Gasteiger partial charge in [-0.3, -0.25) is 9.69 Å². The summed E-state index contributed by atoms with van der Waals surface area (Å²) in [7, 11) is 1.44. The van der Waals surface area contributed by atoms with Crippen molar-refractivity contribution in [2.45, 2.75) is 38.5 Å². The van der Waals surface area contributed by atoms with Crippen molar-refractivity contribution in [3.8, 4) is 0 Å². The highest BCUT2D eigenvalue weighted by Gasteiger charge is 2.27. The summed E-state index contributed by atoms with van der Waals surface area (Å²) in [6.45, 7) is 4.33. The Balaban J connectivity index is 1.73. The molecule has 0 saturated carbocycles. The number of nitrogens with zero attached hydrogens (tertiary/aromatic N) is 1. The SMILES string of the molecule is COC(=O)[C@@H](C)N1CCC(OCc2ccccc2)CC1. The zero-order chi connectivity index (χ0) is 14.4. The van der Waals surface area contributed by atoms with Gasteiger partial charge in [-0.1, -0.05) is 30.3 Å². The molecule has 0 bridgehead atoms. The summed E-state index contributed by atoms with van der Waals surface area (Å²) in [5.41, 5.74) is 1.21. The molecule has 1 heterocycles. The molecule has 0 unspecified atom stereocenters. The van der Waals surface area contributed by atoms with Gasteiger partial charge in [-0.25, -0.2) is 0 Å². The van der Waals surface area contributed by atoms with Crippen LogP contribution in [0.25, 0.3) is 0 Å². The van der Waals surface area contributed by atoms with Crippen molar-refractivity contribution in [2.24, 2.45) is 0 Å². The molecule has 20 heavy (non-hydrogen) atoms. The van der Waals surface area contributed by atoms with E-state index in [1.165, 1.54) is 12.7 Å². The maximum absolute atomic E-state index is 11.5. The minimum absolute atomic E-state index is 0.157. The fraction of sp³-hybridized carbons (Fsp3) is 0.562. The van der Waals surface area contributed by atoms with E-state index < -0.39 is 0 Å². The predicted molar refractivity (Wildman–Crippen MR) is 77.3 cm³/mol. The van der Waals surface area contributed by atoms with E-state index in [1.54, 1.807) is 0 Å². The summed E-state index contributed by atoms with van der Waals surface area (Å²) in [5.74, 6) is -0.159. The maximum atomic E-state index is 11.5. The third kappa shape index (κ3) is 4.05. The summed E-state index contributed by atoms with van der Waals surface area (Å²) in [4.78, 5) is 13.7. The lowest BCUT2D eigenvalue weighted by Gasteiger charge is -2.34. The Morgan fingerprint density at radius 2 is 1.95 bits per heavy atom. The molecule has 1 aliphatic heterocycles. The zero-order valence-corrected chi connectivity index (χ0v) is 12.2. The molecule has 1 aliphatic rings. The Labute approximate surface area is 120 Å². The van der Waals surface area contributed by atoms with E-state index in [-0.39, 0.29) is 18.1 Å². The lowest BCUT2D eigenvalue weighted by atomic mass is 10.1. The molecule has 2 rings (SSSR count). The van der Waals surface area contributed by atoms with Crippen LogP contribution in [-0.2, 0) is 20.9 Å². The van der Waals surface area contributed by atoms with Crippen molar-refractivity contribution in [3.05, 3.63) is 35.9 Å². The molecule has 4 nitrogen and oxygen atoms in total. The van der Waals surface area contributed by atoms with E-state index in [0.29, 0.717) is 6.61 Å². The van der Waals surface area contributed by atoms with Gasteiger partial charge in [0, 0.05) is 13.1 Å². The van der Waals surface area contributed by atoms with Gasteiger partial charge in [-0.2, -0.15) is 0 Å². The van der Waals surface area contributed by atoms with Crippen LogP contribution in [0, 0.1) is 0 Å². The van der Waals surface area contributed by atoms with Crippen LogP contribution in [0.2, 0.25) is 0 Å². The van der Waals surface area contributed by atoms with Gasteiger partial charge in [0.2, 0.25) is 0 Å². The zero-order valence-electron chi connectivity index (χ0n) is 12.2. The summed E-state index contributed by atoms with van der Waals surface area (Å²) in [6, 6.07) is 10.1. The molecule has 1 fully saturated rings. The Hall–Kier alpha value is -1.39. The molecule has 0 aromatic heterocycles. The Morgan fingerprint density at radius 1 is 1.30 bits per heavy atom.